The summed E-state index contributed by atoms with van der Waals surface area (Å²) in [7, 11) is 0. The summed E-state index contributed by atoms with van der Waals surface area (Å²) in [6, 6.07) is 1.83. The van der Waals surface area contributed by atoms with Gasteiger partial charge >= 0.3 is 0 Å². The van der Waals surface area contributed by atoms with Crippen molar-refractivity contribution < 1.29 is 4.42 Å². The van der Waals surface area contributed by atoms with E-state index in [1.54, 1.807) is 6.20 Å². The lowest BCUT2D eigenvalue weighted by Gasteiger charge is -2.02. The standard InChI is InChI=1S/C9H10N2O/c1-6(2)8-9-7(3-4-10-8)12-5-11-9/h3-6H,1-2H3. The summed E-state index contributed by atoms with van der Waals surface area (Å²) in [4.78, 5) is 8.37. The fraction of sp³-hybridized carbons (Fsp3) is 0.333. The van der Waals surface area contributed by atoms with Crippen molar-refractivity contribution in [2.45, 2.75) is 19.8 Å². The van der Waals surface area contributed by atoms with Crippen molar-refractivity contribution in [2.75, 3.05) is 0 Å². The molecule has 0 aliphatic carbocycles. The molecule has 12 heavy (non-hydrogen) atoms. The normalized spacial score (nSPS) is 11.2. The molecule has 3 nitrogen and oxygen atoms in total. The molecular formula is C9H10N2O. The van der Waals surface area contributed by atoms with E-state index in [9.17, 15) is 0 Å². The molecule has 3 heteroatoms. The second kappa shape index (κ2) is 2.59. The molecule has 62 valence electrons. The van der Waals surface area contributed by atoms with Gasteiger partial charge in [-0.05, 0) is 5.92 Å². The summed E-state index contributed by atoms with van der Waals surface area (Å²) in [5.41, 5.74) is 2.70. The van der Waals surface area contributed by atoms with Crippen LogP contribution in [0.4, 0.5) is 0 Å². The lowest BCUT2D eigenvalue weighted by molar-refractivity contribution is 0.602. The Morgan fingerprint density at radius 1 is 1.33 bits per heavy atom. The highest BCUT2D eigenvalue weighted by Gasteiger charge is 2.08. The van der Waals surface area contributed by atoms with Gasteiger partial charge in [0.05, 0.1) is 5.69 Å². The smallest absolute Gasteiger partial charge is 0.182 e. The van der Waals surface area contributed by atoms with Crippen molar-refractivity contribution in [1.29, 1.82) is 0 Å². The summed E-state index contributed by atoms with van der Waals surface area (Å²) in [6.45, 7) is 4.19. The van der Waals surface area contributed by atoms with Crippen molar-refractivity contribution in [3.63, 3.8) is 0 Å². The first-order valence-electron chi connectivity index (χ1n) is 3.97. The molecule has 0 radical (unpaired) electrons. The first-order valence-corrected chi connectivity index (χ1v) is 3.97. The molecule has 2 rings (SSSR count). The quantitative estimate of drug-likeness (QED) is 0.646. The van der Waals surface area contributed by atoms with Crippen molar-refractivity contribution in [3.05, 3.63) is 24.4 Å². The number of nitrogens with zero attached hydrogens (tertiary/aromatic N) is 2. The second-order valence-electron chi connectivity index (χ2n) is 3.05. The van der Waals surface area contributed by atoms with Crippen LogP contribution in [0.5, 0.6) is 0 Å². The van der Waals surface area contributed by atoms with Gasteiger partial charge in [0.25, 0.3) is 0 Å². The number of rotatable bonds is 1. The lowest BCUT2D eigenvalue weighted by Crippen LogP contribution is -1.92. The molecule has 0 atom stereocenters. The molecule has 0 unspecified atom stereocenters. The van der Waals surface area contributed by atoms with Crippen LogP contribution in [-0.4, -0.2) is 9.97 Å². The largest absolute Gasteiger partial charge is 0.443 e. The molecular weight excluding hydrogens is 152 g/mol. The van der Waals surface area contributed by atoms with Crippen molar-refractivity contribution in [3.8, 4) is 0 Å². The van der Waals surface area contributed by atoms with E-state index in [1.165, 1.54) is 6.39 Å². The Hall–Kier alpha value is -1.38. The monoisotopic (exact) mass is 162 g/mol. The number of aromatic nitrogens is 2. The summed E-state index contributed by atoms with van der Waals surface area (Å²) in [5, 5.41) is 0. The van der Waals surface area contributed by atoms with Gasteiger partial charge in [-0.3, -0.25) is 4.98 Å². The molecule has 0 saturated heterocycles. The Labute approximate surface area is 70.4 Å². The lowest BCUT2D eigenvalue weighted by atomic mass is 10.1. The Balaban J connectivity index is 2.73. The maximum Gasteiger partial charge on any atom is 0.182 e. The third-order valence-corrected chi connectivity index (χ3v) is 1.82. The van der Waals surface area contributed by atoms with Crippen LogP contribution in [0, 0.1) is 0 Å². The Morgan fingerprint density at radius 2 is 2.17 bits per heavy atom. The van der Waals surface area contributed by atoms with E-state index in [0.29, 0.717) is 5.92 Å². The molecule has 2 aromatic heterocycles. The zero-order valence-electron chi connectivity index (χ0n) is 7.11. The summed E-state index contributed by atoms with van der Waals surface area (Å²) < 4.78 is 5.16. The highest BCUT2D eigenvalue weighted by molar-refractivity contribution is 5.74. The van der Waals surface area contributed by atoms with Gasteiger partial charge in [0.2, 0.25) is 0 Å². The van der Waals surface area contributed by atoms with Crippen LogP contribution in [0.3, 0.4) is 0 Å². The van der Waals surface area contributed by atoms with Gasteiger partial charge in [0.15, 0.2) is 12.0 Å². The number of fused-ring (bicyclic) bond motifs is 1. The van der Waals surface area contributed by atoms with Crippen LogP contribution in [0.2, 0.25) is 0 Å². The molecule has 2 aromatic rings. The second-order valence-corrected chi connectivity index (χ2v) is 3.05. The average Bonchev–Trinajstić information content (AvgIpc) is 2.49. The van der Waals surface area contributed by atoms with Gasteiger partial charge in [-0.15, -0.1) is 0 Å². The molecule has 0 spiro atoms. The van der Waals surface area contributed by atoms with Gasteiger partial charge in [0, 0.05) is 12.3 Å². The highest BCUT2D eigenvalue weighted by Crippen LogP contribution is 2.20. The van der Waals surface area contributed by atoms with Crippen molar-refractivity contribution >= 4 is 11.1 Å². The van der Waals surface area contributed by atoms with Crippen LogP contribution in [-0.2, 0) is 0 Å². The zero-order valence-corrected chi connectivity index (χ0v) is 7.11. The van der Waals surface area contributed by atoms with E-state index < -0.39 is 0 Å². The number of hydrogen-bond donors (Lipinski definition) is 0. The summed E-state index contributed by atoms with van der Waals surface area (Å²) >= 11 is 0. The number of hydrogen-bond acceptors (Lipinski definition) is 3. The van der Waals surface area contributed by atoms with Gasteiger partial charge in [-0.25, -0.2) is 4.98 Å². The number of pyridine rings is 1. The van der Waals surface area contributed by atoms with E-state index in [-0.39, 0.29) is 0 Å². The van der Waals surface area contributed by atoms with E-state index in [0.717, 1.165) is 16.8 Å². The molecule has 0 aromatic carbocycles. The molecule has 0 N–H and O–H groups in total. The minimum absolute atomic E-state index is 0.388. The van der Waals surface area contributed by atoms with Gasteiger partial charge < -0.3 is 4.42 Å². The average molecular weight is 162 g/mol. The third kappa shape index (κ3) is 0.978. The van der Waals surface area contributed by atoms with Crippen LogP contribution < -0.4 is 0 Å². The van der Waals surface area contributed by atoms with Gasteiger partial charge in [0.1, 0.15) is 5.52 Å². The van der Waals surface area contributed by atoms with Gasteiger partial charge in [-0.2, -0.15) is 0 Å². The maximum atomic E-state index is 5.16. The van der Waals surface area contributed by atoms with Gasteiger partial charge in [-0.1, -0.05) is 13.8 Å². The van der Waals surface area contributed by atoms with Crippen LogP contribution in [0.1, 0.15) is 25.5 Å². The Bertz CT molecular complexity index is 392. The topological polar surface area (TPSA) is 38.9 Å². The van der Waals surface area contributed by atoms with Crippen LogP contribution in [0.25, 0.3) is 11.1 Å². The third-order valence-electron chi connectivity index (χ3n) is 1.82. The maximum absolute atomic E-state index is 5.16. The molecule has 0 fully saturated rings. The van der Waals surface area contributed by atoms with Crippen molar-refractivity contribution in [2.24, 2.45) is 0 Å². The van der Waals surface area contributed by atoms with E-state index in [4.69, 9.17) is 4.42 Å². The predicted molar refractivity (Wildman–Crippen MR) is 45.9 cm³/mol. The summed E-state index contributed by atoms with van der Waals surface area (Å²) in [5.74, 6) is 0.388. The van der Waals surface area contributed by atoms with E-state index in [2.05, 4.69) is 23.8 Å². The first-order chi connectivity index (χ1) is 5.79. The molecule has 2 heterocycles. The van der Waals surface area contributed by atoms with Crippen LogP contribution in [0.15, 0.2) is 23.1 Å². The predicted octanol–water partition coefficient (Wildman–Crippen LogP) is 2.35. The molecule has 0 aliphatic rings. The Kier molecular flexibility index (Phi) is 1.57. The fourth-order valence-electron chi connectivity index (χ4n) is 1.23. The van der Waals surface area contributed by atoms with E-state index >= 15 is 0 Å². The minimum atomic E-state index is 0.388. The summed E-state index contributed by atoms with van der Waals surface area (Å²) in [6.07, 6.45) is 3.21. The highest BCUT2D eigenvalue weighted by atomic mass is 16.3. The molecule has 0 amide bonds. The SMILES string of the molecule is CC(C)c1nccc2ocnc12. The minimum Gasteiger partial charge on any atom is -0.443 e. The molecule has 0 saturated carbocycles. The van der Waals surface area contributed by atoms with E-state index in [1.807, 2.05) is 6.07 Å². The molecule has 0 aliphatic heterocycles. The van der Waals surface area contributed by atoms with Crippen molar-refractivity contribution in [1.82, 2.24) is 9.97 Å². The zero-order chi connectivity index (χ0) is 8.55. The number of oxazole rings is 1. The van der Waals surface area contributed by atoms with Crippen LogP contribution >= 0.6 is 0 Å². The fourth-order valence-corrected chi connectivity index (χ4v) is 1.23. The first kappa shape index (κ1) is 7.28. The Morgan fingerprint density at radius 3 is 2.92 bits per heavy atom. The molecule has 0 bridgehead atoms.